The summed E-state index contributed by atoms with van der Waals surface area (Å²) in [5, 5.41) is 3.21. The molecule has 0 spiro atoms. The van der Waals surface area contributed by atoms with E-state index in [1.165, 1.54) is 6.07 Å². The van der Waals surface area contributed by atoms with Crippen molar-refractivity contribution >= 4 is 16.8 Å². The summed E-state index contributed by atoms with van der Waals surface area (Å²) in [4.78, 5) is 11.1. The quantitative estimate of drug-likeness (QED) is 0.802. The maximum absolute atomic E-state index is 11.1. The number of nitrogens with zero attached hydrogens (tertiary/aromatic N) is 1. The minimum absolute atomic E-state index is 0.00408. The molecule has 1 aromatic carbocycles. The van der Waals surface area contributed by atoms with Gasteiger partial charge in [0.1, 0.15) is 11.4 Å². The van der Waals surface area contributed by atoms with Gasteiger partial charge in [0.15, 0.2) is 0 Å². The first kappa shape index (κ1) is 14.6. The molecule has 0 N–H and O–H groups in total. The maximum Gasteiger partial charge on any atom is 0.290 e. The molecule has 0 bridgehead atoms. The van der Waals surface area contributed by atoms with Crippen LogP contribution in [0, 0.1) is 0 Å². The molecule has 0 saturated heterocycles. The van der Waals surface area contributed by atoms with Gasteiger partial charge in [0.25, 0.3) is 5.24 Å². The summed E-state index contributed by atoms with van der Waals surface area (Å²) in [5.74, 6) is 0.685. The summed E-state index contributed by atoms with van der Waals surface area (Å²) in [6.45, 7) is 6.36. The summed E-state index contributed by atoms with van der Waals surface area (Å²) in [6, 6.07) is 7.39. The highest BCUT2D eigenvalue weighted by atomic mass is 35.5. The molecule has 0 radical (unpaired) electrons. The minimum atomic E-state index is -0.672. The van der Waals surface area contributed by atoms with Crippen LogP contribution in [0.25, 0.3) is 11.3 Å². The number of halogens is 1. The van der Waals surface area contributed by atoms with Crippen molar-refractivity contribution in [1.82, 2.24) is 5.16 Å². The van der Waals surface area contributed by atoms with Crippen LogP contribution in [0.1, 0.15) is 36.9 Å². The lowest BCUT2D eigenvalue weighted by molar-refractivity contribution is 0.104. The first-order chi connectivity index (χ1) is 9.32. The second kappa shape index (κ2) is 5.29. The van der Waals surface area contributed by atoms with Crippen molar-refractivity contribution in [2.24, 2.45) is 0 Å². The summed E-state index contributed by atoms with van der Waals surface area (Å²) >= 11 is 5.38. The fourth-order valence-electron chi connectivity index (χ4n) is 1.87. The van der Waals surface area contributed by atoms with Crippen LogP contribution >= 0.6 is 11.6 Å². The summed E-state index contributed by atoms with van der Waals surface area (Å²) in [5.41, 5.74) is 2.43. The predicted octanol–water partition coefficient (Wildman–Crippen LogP) is 4.03. The first-order valence-corrected chi connectivity index (χ1v) is 6.56. The van der Waals surface area contributed by atoms with Gasteiger partial charge in [-0.05, 0) is 34.7 Å². The van der Waals surface area contributed by atoms with E-state index >= 15 is 0 Å². The molecule has 5 heteroatoms. The number of aromatic nitrogens is 1. The van der Waals surface area contributed by atoms with E-state index in [0.717, 1.165) is 11.1 Å². The second-order valence-corrected chi connectivity index (χ2v) is 5.86. The zero-order chi connectivity index (χ0) is 14.9. The Labute approximate surface area is 122 Å². The standard InChI is InChI=1S/C15H16ClNO3/c1-15(2,3)9-5-6-12(19-4)10(7-9)11-8-13(14(16)18)20-17-11/h5-8H,1-4H3. The summed E-state index contributed by atoms with van der Waals surface area (Å²) < 4.78 is 10.3. The number of carbonyl (C=O) groups is 1. The van der Waals surface area contributed by atoms with E-state index in [4.69, 9.17) is 20.9 Å². The third-order valence-corrected chi connectivity index (χ3v) is 3.23. The Kier molecular flexibility index (Phi) is 3.86. The molecular weight excluding hydrogens is 278 g/mol. The molecular formula is C15H16ClNO3. The molecule has 0 saturated carbocycles. The van der Waals surface area contributed by atoms with Crippen LogP contribution < -0.4 is 4.74 Å². The minimum Gasteiger partial charge on any atom is -0.496 e. The number of methoxy groups -OCH3 is 1. The van der Waals surface area contributed by atoms with E-state index in [-0.39, 0.29) is 11.2 Å². The molecule has 106 valence electrons. The highest BCUT2D eigenvalue weighted by molar-refractivity contribution is 6.67. The highest BCUT2D eigenvalue weighted by Gasteiger charge is 2.19. The van der Waals surface area contributed by atoms with Crippen LogP contribution in [-0.4, -0.2) is 17.5 Å². The zero-order valence-corrected chi connectivity index (χ0v) is 12.6. The largest absolute Gasteiger partial charge is 0.496 e. The average Bonchev–Trinajstić information content (AvgIpc) is 2.86. The van der Waals surface area contributed by atoms with Crippen LogP contribution in [-0.2, 0) is 5.41 Å². The molecule has 0 aliphatic carbocycles. The topological polar surface area (TPSA) is 52.3 Å². The molecule has 2 rings (SSSR count). The predicted molar refractivity (Wildman–Crippen MR) is 77.4 cm³/mol. The van der Waals surface area contributed by atoms with Crippen molar-refractivity contribution in [1.29, 1.82) is 0 Å². The van der Waals surface area contributed by atoms with Crippen LogP contribution in [0.2, 0.25) is 0 Å². The number of hydrogen-bond acceptors (Lipinski definition) is 4. The van der Waals surface area contributed by atoms with Crippen molar-refractivity contribution in [3.05, 3.63) is 35.6 Å². The highest BCUT2D eigenvalue weighted by Crippen LogP contribution is 2.34. The van der Waals surface area contributed by atoms with Gasteiger partial charge < -0.3 is 9.26 Å². The molecule has 2 aromatic rings. The smallest absolute Gasteiger partial charge is 0.290 e. The van der Waals surface area contributed by atoms with Crippen molar-refractivity contribution in [2.75, 3.05) is 7.11 Å². The molecule has 0 fully saturated rings. The van der Waals surface area contributed by atoms with Crippen LogP contribution in [0.3, 0.4) is 0 Å². The van der Waals surface area contributed by atoms with Crippen LogP contribution in [0.15, 0.2) is 28.8 Å². The van der Waals surface area contributed by atoms with Gasteiger partial charge in [0, 0.05) is 11.6 Å². The Balaban J connectivity index is 2.55. The molecule has 0 aliphatic rings. The Morgan fingerprint density at radius 2 is 2.00 bits per heavy atom. The lowest BCUT2D eigenvalue weighted by Gasteiger charge is -2.20. The molecule has 0 atom stereocenters. The van der Waals surface area contributed by atoms with E-state index < -0.39 is 5.24 Å². The van der Waals surface area contributed by atoms with Gasteiger partial charge in [0.2, 0.25) is 5.76 Å². The monoisotopic (exact) mass is 293 g/mol. The first-order valence-electron chi connectivity index (χ1n) is 6.18. The molecule has 20 heavy (non-hydrogen) atoms. The Morgan fingerprint density at radius 3 is 2.50 bits per heavy atom. The van der Waals surface area contributed by atoms with Gasteiger partial charge in [-0.2, -0.15) is 0 Å². The van der Waals surface area contributed by atoms with Gasteiger partial charge in [-0.15, -0.1) is 0 Å². The lowest BCUT2D eigenvalue weighted by atomic mass is 9.85. The van der Waals surface area contributed by atoms with E-state index in [2.05, 4.69) is 25.9 Å². The number of hydrogen-bond donors (Lipinski definition) is 0. The maximum atomic E-state index is 11.1. The van der Waals surface area contributed by atoms with E-state index in [0.29, 0.717) is 11.4 Å². The van der Waals surface area contributed by atoms with Crippen LogP contribution in [0.4, 0.5) is 0 Å². The van der Waals surface area contributed by atoms with Gasteiger partial charge in [-0.25, -0.2) is 0 Å². The Hall–Kier alpha value is -1.81. The third kappa shape index (κ3) is 2.85. The Morgan fingerprint density at radius 1 is 1.30 bits per heavy atom. The van der Waals surface area contributed by atoms with Gasteiger partial charge >= 0.3 is 0 Å². The zero-order valence-electron chi connectivity index (χ0n) is 11.9. The fourth-order valence-corrected chi connectivity index (χ4v) is 1.96. The number of rotatable bonds is 3. The molecule has 0 aliphatic heterocycles. The lowest BCUT2D eigenvalue weighted by Crippen LogP contribution is -2.11. The van der Waals surface area contributed by atoms with E-state index in [1.807, 2.05) is 18.2 Å². The van der Waals surface area contributed by atoms with E-state index in [9.17, 15) is 4.79 Å². The molecule has 0 amide bonds. The Bertz CT molecular complexity index is 641. The second-order valence-electron chi connectivity index (χ2n) is 5.52. The average molecular weight is 294 g/mol. The van der Waals surface area contributed by atoms with Gasteiger partial charge in [-0.3, -0.25) is 4.79 Å². The molecule has 1 aromatic heterocycles. The van der Waals surface area contributed by atoms with Gasteiger partial charge in [0.05, 0.1) is 7.11 Å². The summed E-state index contributed by atoms with van der Waals surface area (Å²) in [7, 11) is 1.59. The number of benzene rings is 1. The normalized spacial score (nSPS) is 11.4. The molecule has 0 unspecified atom stereocenters. The van der Waals surface area contributed by atoms with Gasteiger partial charge in [-0.1, -0.05) is 32.0 Å². The summed E-state index contributed by atoms with van der Waals surface area (Å²) in [6.07, 6.45) is 0. The van der Waals surface area contributed by atoms with Crippen molar-refractivity contribution in [3.63, 3.8) is 0 Å². The van der Waals surface area contributed by atoms with Crippen LogP contribution in [0.5, 0.6) is 5.75 Å². The number of ether oxygens (including phenoxy) is 1. The molecule has 1 heterocycles. The van der Waals surface area contributed by atoms with Crippen molar-refractivity contribution in [3.8, 4) is 17.0 Å². The van der Waals surface area contributed by atoms with E-state index in [1.54, 1.807) is 7.11 Å². The number of carbonyl (C=O) groups excluding carboxylic acids is 1. The SMILES string of the molecule is COc1ccc(C(C)(C)C)cc1-c1cc(C(=O)Cl)on1. The fraction of sp³-hybridized carbons (Fsp3) is 0.333. The van der Waals surface area contributed by atoms with Crippen molar-refractivity contribution < 1.29 is 14.1 Å². The van der Waals surface area contributed by atoms with Crippen molar-refractivity contribution in [2.45, 2.75) is 26.2 Å². The molecule has 4 nitrogen and oxygen atoms in total. The third-order valence-electron chi connectivity index (χ3n) is 3.05.